The van der Waals surface area contributed by atoms with Gasteiger partial charge in [-0.1, -0.05) is 12.1 Å². The Kier molecular flexibility index (Phi) is 3.61. The SMILES string of the molecule is Cc1cc(CN2CCC[C@H]3C(=O)NC[C@H]32)ccc1-n1cncn1. The van der Waals surface area contributed by atoms with Crippen LogP contribution in [0.25, 0.3) is 5.69 Å². The molecule has 2 aliphatic heterocycles. The van der Waals surface area contributed by atoms with E-state index < -0.39 is 0 Å². The van der Waals surface area contributed by atoms with E-state index in [1.807, 2.05) is 0 Å². The first-order chi connectivity index (χ1) is 11.2. The molecule has 0 saturated carbocycles. The number of hydrogen-bond acceptors (Lipinski definition) is 4. The third kappa shape index (κ3) is 2.63. The normalized spacial score (nSPS) is 24.5. The van der Waals surface area contributed by atoms with Crippen LogP contribution >= 0.6 is 0 Å². The number of fused-ring (bicyclic) bond motifs is 1. The van der Waals surface area contributed by atoms with Crippen LogP contribution in [0.2, 0.25) is 0 Å². The Balaban J connectivity index is 1.53. The summed E-state index contributed by atoms with van der Waals surface area (Å²) in [7, 11) is 0. The number of carbonyl (C=O) groups is 1. The van der Waals surface area contributed by atoms with E-state index >= 15 is 0 Å². The molecule has 6 heteroatoms. The molecule has 2 aliphatic rings. The van der Waals surface area contributed by atoms with Crippen LogP contribution in [-0.4, -0.2) is 44.7 Å². The molecule has 3 heterocycles. The fourth-order valence-corrected chi connectivity index (χ4v) is 3.88. The van der Waals surface area contributed by atoms with Gasteiger partial charge in [-0.15, -0.1) is 0 Å². The second kappa shape index (κ2) is 5.77. The van der Waals surface area contributed by atoms with E-state index in [4.69, 9.17) is 0 Å². The van der Waals surface area contributed by atoms with Crippen LogP contribution in [0.3, 0.4) is 0 Å². The molecule has 2 saturated heterocycles. The van der Waals surface area contributed by atoms with Gasteiger partial charge in [0, 0.05) is 19.1 Å². The van der Waals surface area contributed by atoms with Crippen LogP contribution in [0.5, 0.6) is 0 Å². The highest BCUT2D eigenvalue weighted by molar-refractivity contribution is 5.82. The molecule has 1 aromatic carbocycles. The van der Waals surface area contributed by atoms with Gasteiger partial charge in [0.15, 0.2) is 0 Å². The lowest BCUT2D eigenvalue weighted by Crippen LogP contribution is -2.44. The highest BCUT2D eigenvalue weighted by atomic mass is 16.2. The molecule has 0 unspecified atom stereocenters. The highest BCUT2D eigenvalue weighted by Crippen LogP contribution is 2.29. The summed E-state index contributed by atoms with van der Waals surface area (Å²) in [6, 6.07) is 6.81. The van der Waals surface area contributed by atoms with E-state index in [2.05, 4.69) is 45.4 Å². The Morgan fingerprint density at radius 1 is 1.39 bits per heavy atom. The van der Waals surface area contributed by atoms with Gasteiger partial charge in [0.25, 0.3) is 0 Å². The molecule has 0 aliphatic carbocycles. The first kappa shape index (κ1) is 14.4. The average Bonchev–Trinajstić information content (AvgIpc) is 3.19. The van der Waals surface area contributed by atoms with E-state index in [1.54, 1.807) is 17.3 Å². The Bertz CT molecular complexity index is 712. The third-order valence-corrected chi connectivity index (χ3v) is 5.03. The van der Waals surface area contributed by atoms with Crippen molar-refractivity contribution in [2.45, 2.75) is 32.4 Å². The molecule has 1 amide bonds. The summed E-state index contributed by atoms with van der Waals surface area (Å²) in [6.45, 7) is 4.86. The molecule has 1 N–H and O–H groups in total. The quantitative estimate of drug-likeness (QED) is 0.928. The topological polar surface area (TPSA) is 63.1 Å². The lowest BCUT2D eigenvalue weighted by molar-refractivity contribution is -0.124. The maximum absolute atomic E-state index is 11.9. The zero-order chi connectivity index (χ0) is 15.8. The van der Waals surface area contributed by atoms with Gasteiger partial charge in [0.1, 0.15) is 12.7 Å². The fraction of sp³-hybridized carbons (Fsp3) is 0.471. The first-order valence-electron chi connectivity index (χ1n) is 8.18. The summed E-state index contributed by atoms with van der Waals surface area (Å²) in [5.74, 6) is 0.414. The molecule has 0 radical (unpaired) electrons. The molecular weight excluding hydrogens is 290 g/mol. The number of amides is 1. The minimum atomic E-state index is 0.180. The first-order valence-corrected chi connectivity index (χ1v) is 8.18. The molecule has 2 atom stereocenters. The van der Waals surface area contributed by atoms with Gasteiger partial charge in [-0.05, 0) is 43.5 Å². The van der Waals surface area contributed by atoms with Crippen molar-refractivity contribution in [1.82, 2.24) is 25.0 Å². The number of nitrogens with zero attached hydrogens (tertiary/aromatic N) is 4. The monoisotopic (exact) mass is 311 g/mol. The summed E-state index contributed by atoms with van der Waals surface area (Å²) < 4.78 is 1.79. The van der Waals surface area contributed by atoms with Crippen molar-refractivity contribution in [1.29, 1.82) is 0 Å². The second-order valence-electron chi connectivity index (χ2n) is 6.49. The molecular formula is C17H21N5O. The number of piperidine rings is 1. The minimum Gasteiger partial charge on any atom is -0.354 e. The largest absolute Gasteiger partial charge is 0.354 e. The van der Waals surface area contributed by atoms with Crippen LogP contribution in [0.15, 0.2) is 30.9 Å². The number of likely N-dealkylation sites (tertiary alicyclic amines) is 1. The summed E-state index contributed by atoms with van der Waals surface area (Å²) in [5.41, 5.74) is 3.52. The Hall–Kier alpha value is -2.21. The fourth-order valence-electron chi connectivity index (χ4n) is 3.88. The van der Waals surface area contributed by atoms with Gasteiger partial charge in [0.05, 0.1) is 11.6 Å². The summed E-state index contributed by atoms with van der Waals surface area (Å²) in [5, 5.41) is 7.21. The smallest absolute Gasteiger partial charge is 0.224 e. The number of rotatable bonds is 3. The maximum Gasteiger partial charge on any atom is 0.224 e. The van der Waals surface area contributed by atoms with Crippen LogP contribution < -0.4 is 5.32 Å². The number of aromatic nitrogens is 3. The van der Waals surface area contributed by atoms with Gasteiger partial charge < -0.3 is 5.32 Å². The zero-order valence-corrected chi connectivity index (χ0v) is 13.3. The van der Waals surface area contributed by atoms with Crippen LogP contribution in [0, 0.1) is 12.8 Å². The van der Waals surface area contributed by atoms with E-state index in [1.165, 1.54) is 11.1 Å². The zero-order valence-electron chi connectivity index (χ0n) is 13.3. The molecule has 2 fully saturated rings. The molecule has 23 heavy (non-hydrogen) atoms. The number of aryl methyl sites for hydroxylation is 1. The predicted octanol–water partition coefficient (Wildman–Crippen LogP) is 1.29. The van der Waals surface area contributed by atoms with Crippen molar-refractivity contribution in [3.63, 3.8) is 0 Å². The Morgan fingerprint density at radius 2 is 2.30 bits per heavy atom. The molecule has 6 nitrogen and oxygen atoms in total. The molecule has 1 aromatic heterocycles. The van der Waals surface area contributed by atoms with Crippen molar-refractivity contribution >= 4 is 5.91 Å². The summed E-state index contributed by atoms with van der Waals surface area (Å²) >= 11 is 0. The van der Waals surface area contributed by atoms with Crippen molar-refractivity contribution in [2.75, 3.05) is 13.1 Å². The van der Waals surface area contributed by atoms with Crippen LogP contribution in [0.4, 0.5) is 0 Å². The minimum absolute atomic E-state index is 0.180. The number of carbonyl (C=O) groups excluding carboxylic acids is 1. The van der Waals surface area contributed by atoms with Gasteiger partial charge >= 0.3 is 0 Å². The van der Waals surface area contributed by atoms with Crippen molar-refractivity contribution in [2.24, 2.45) is 5.92 Å². The third-order valence-electron chi connectivity index (χ3n) is 5.03. The average molecular weight is 311 g/mol. The van der Waals surface area contributed by atoms with E-state index in [0.29, 0.717) is 6.04 Å². The molecule has 0 spiro atoms. The molecule has 0 bridgehead atoms. The molecule has 2 aromatic rings. The van der Waals surface area contributed by atoms with Crippen LogP contribution in [0.1, 0.15) is 24.0 Å². The Morgan fingerprint density at radius 3 is 3.09 bits per heavy atom. The number of hydrogen-bond donors (Lipinski definition) is 1. The lowest BCUT2D eigenvalue weighted by Gasteiger charge is -2.36. The second-order valence-corrected chi connectivity index (χ2v) is 6.49. The number of benzene rings is 1. The number of nitrogens with one attached hydrogen (secondary N) is 1. The van der Waals surface area contributed by atoms with Gasteiger partial charge in [-0.3, -0.25) is 9.69 Å². The summed E-state index contributed by atoms with van der Waals surface area (Å²) in [4.78, 5) is 18.3. The van der Waals surface area contributed by atoms with Gasteiger partial charge in [-0.2, -0.15) is 5.10 Å². The lowest BCUT2D eigenvalue weighted by atomic mass is 9.91. The standard InChI is InChI=1S/C17H21N5O/c1-12-7-13(4-5-15(12)22-11-18-10-20-22)9-21-6-2-3-14-16(21)8-19-17(14)23/h4-5,7,10-11,14,16H,2-3,6,8-9H2,1H3,(H,19,23)/t14-,16-/m1/s1. The summed E-state index contributed by atoms with van der Waals surface area (Å²) in [6.07, 6.45) is 5.39. The Labute approximate surface area is 135 Å². The van der Waals surface area contributed by atoms with Crippen molar-refractivity contribution < 1.29 is 4.79 Å². The van der Waals surface area contributed by atoms with E-state index in [9.17, 15) is 4.79 Å². The maximum atomic E-state index is 11.9. The predicted molar refractivity (Wildman–Crippen MR) is 86.0 cm³/mol. The molecule has 4 rings (SSSR count). The van der Waals surface area contributed by atoms with Gasteiger partial charge in [-0.25, -0.2) is 9.67 Å². The van der Waals surface area contributed by atoms with Crippen molar-refractivity contribution in [3.8, 4) is 5.69 Å². The van der Waals surface area contributed by atoms with Crippen LogP contribution in [-0.2, 0) is 11.3 Å². The van der Waals surface area contributed by atoms with Crippen molar-refractivity contribution in [3.05, 3.63) is 42.0 Å². The highest BCUT2D eigenvalue weighted by Gasteiger charge is 2.40. The van der Waals surface area contributed by atoms with Gasteiger partial charge in [0.2, 0.25) is 5.91 Å². The molecule has 120 valence electrons. The van der Waals surface area contributed by atoms with E-state index in [0.717, 1.165) is 38.2 Å². The van der Waals surface area contributed by atoms with E-state index in [-0.39, 0.29) is 11.8 Å².